The van der Waals surface area contributed by atoms with Gasteiger partial charge in [0.2, 0.25) is 0 Å². The molecule has 0 aliphatic rings. The molecule has 0 nitrogen and oxygen atoms in total. The lowest BCUT2D eigenvalue weighted by Crippen LogP contribution is -1.92. The molecule has 1 rings (SSSR count). The van der Waals surface area contributed by atoms with E-state index in [2.05, 4.69) is 45.9 Å². The normalized spacial score (nSPS) is 10.6. The van der Waals surface area contributed by atoms with Crippen LogP contribution >= 0.6 is 0 Å². The molecule has 0 amide bonds. The van der Waals surface area contributed by atoms with Gasteiger partial charge in [0.25, 0.3) is 0 Å². The van der Waals surface area contributed by atoms with E-state index in [0.717, 1.165) is 0 Å². The second-order valence-corrected chi connectivity index (χ2v) is 3.38. The van der Waals surface area contributed by atoms with Gasteiger partial charge in [-0.15, -0.1) is 0 Å². The molecule has 0 aliphatic carbocycles. The molecule has 1 aromatic carbocycles. The second kappa shape index (κ2) is 3.08. The molecule has 0 fully saturated rings. The monoisotopic (exact) mass is 147 g/mol. The lowest BCUT2D eigenvalue weighted by Gasteiger charge is -2.08. The van der Waals surface area contributed by atoms with Crippen molar-refractivity contribution >= 4 is 0 Å². The van der Waals surface area contributed by atoms with Crippen LogP contribution in [-0.4, -0.2) is 0 Å². The van der Waals surface area contributed by atoms with E-state index >= 15 is 0 Å². The van der Waals surface area contributed by atoms with Crippen LogP contribution in [0.25, 0.3) is 0 Å². The van der Waals surface area contributed by atoms with E-state index < -0.39 is 0 Å². The van der Waals surface area contributed by atoms with Crippen LogP contribution in [0, 0.1) is 19.9 Å². The van der Waals surface area contributed by atoms with Crippen molar-refractivity contribution in [3.63, 3.8) is 0 Å². The van der Waals surface area contributed by atoms with E-state index in [1.54, 1.807) is 0 Å². The Balaban J connectivity index is 3.09. The van der Waals surface area contributed by atoms with Crippen LogP contribution in [0.5, 0.6) is 0 Å². The molecule has 0 N–H and O–H groups in total. The van der Waals surface area contributed by atoms with E-state index in [0.29, 0.717) is 5.92 Å². The Kier molecular flexibility index (Phi) is 2.33. The summed E-state index contributed by atoms with van der Waals surface area (Å²) < 4.78 is 0. The smallest absolute Gasteiger partial charge is 0.0117 e. The van der Waals surface area contributed by atoms with E-state index in [9.17, 15) is 0 Å². The fraction of sp³-hybridized carbons (Fsp3) is 0.455. The molecule has 0 aromatic heterocycles. The lowest BCUT2D eigenvalue weighted by atomic mass is 9.97. The summed E-state index contributed by atoms with van der Waals surface area (Å²) in [5, 5.41) is 0. The van der Waals surface area contributed by atoms with Gasteiger partial charge in [-0.05, 0) is 42.5 Å². The first-order valence-electron chi connectivity index (χ1n) is 4.10. The maximum absolute atomic E-state index is 3.32. The van der Waals surface area contributed by atoms with E-state index in [1.165, 1.54) is 16.7 Å². The topological polar surface area (TPSA) is 0 Å². The van der Waals surface area contributed by atoms with Gasteiger partial charge in [0.15, 0.2) is 0 Å². The van der Waals surface area contributed by atoms with Crippen molar-refractivity contribution in [3.05, 3.63) is 34.9 Å². The maximum Gasteiger partial charge on any atom is -0.0117 e. The molecule has 0 heterocycles. The Hall–Kier alpha value is -0.780. The summed E-state index contributed by atoms with van der Waals surface area (Å²) in [4.78, 5) is 0. The predicted octanol–water partition coefficient (Wildman–Crippen LogP) is 3.23. The van der Waals surface area contributed by atoms with Gasteiger partial charge < -0.3 is 0 Å². The van der Waals surface area contributed by atoms with Gasteiger partial charge in [0.05, 0.1) is 0 Å². The first-order valence-corrected chi connectivity index (χ1v) is 4.10. The van der Waals surface area contributed by atoms with Crippen molar-refractivity contribution in [2.75, 3.05) is 0 Å². The van der Waals surface area contributed by atoms with Crippen molar-refractivity contribution in [3.8, 4) is 0 Å². The summed E-state index contributed by atoms with van der Waals surface area (Å²) in [5.41, 5.74) is 3.93. The van der Waals surface area contributed by atoms with E-state index in [1.807, 2.05) is 0 Å². The summed E-state index contributed by atoms with van der Waals surface area (Å²) in [5.74, 6) is 0.617. The maximum atomic E-state index is 3.32. The average molecular weight is 147 g/mol. The quantitative estimate of drug-likeness (QED) is 0.572. The fourth-order valence-corrected chi connectivity index (χ4v) is 1.37. The molecular weight excluding hydrogens is 132 g/mol. The van der Waals surface area contributed by atoms with Gasteiger partial charge in [0, 0.05) is 0 Å². The van der Waals surface area contributed by atoms with Crippen LogP contribution in [0.3, 0.4) is 0 Å². The number of hydrogen-bond acceptors (Lipinski definition) is 0. The molecule has 0 bridgehead atoms. The molecule has 59 valence electrons. The highest BCUT2D eigenvalue weighted by Crippen LogP contribution is 2.18. The molecule has 1 aromatic rings. The van der Waals surface area contributed by atoms with Crippen LogP contribution in [0.4, 0.5) is 0 Å². The molecule has 0 aliphatic heterocycles. The minimum absolute atomic E-state index is 0.617. The number of hydrogen-bond donors (Lipinski definition) is 0. The first kappa shape index (κ1) is 8.32. The molecule has 0 saturated carbocycles. The average Bonchev–Trinajstić information content (AvgIpc) is 1.85. The number of benzene rings is 1. The molecular formula is C11H15. The third kappa shape index (κ3) is 1.83. The highest BCUT2D eigenvalue weighted by molar-refractivity contribution is 5.31. The van der Waals surface area contributed by atoms with E-state index in [4.69, 9.17) is 0 Å². The molecule has 11 heavy (non-hydrogen) atoms. The summed E-state index contributed by atoms with van der Waals surface area (Å²) >= 11 is 0. The van der Waals surface area contributed by atoms with Crippen molar-refractivity contribution in [2.24, 2.45) is 0 Å². The molecule has 0 heteroatoms. The first-order chi connectivity index (χ1) is 5.11. The number of rotatable bonds is 1. The van der Waals surface area contributed by atoms with Gasteiger partial charge in [-0.2, -0.15) is 0 Å². The zero-order valence-corrected chi connectivity index (χ0v) is 7.73. The van der Waals surface area contributed by atoms with Gasteiger partial charge in [-0.1, -0.05) is 26.0 Å². The number of aryl methyl sites for hydroxylation is 2. The Morgan fingerprint density at radius 2 is 1.82 bits per heavy atom. The molecule has 1 radical (unpaired) electrons. The van der Waals surface area contributed by atoms with Crippen LogP contribution in [0.15, 0.2) is 12.1 Å². The Bertz CT molecular complexity index is 246. The zero-order valence-electron chi connectivity index (χ0n) is 7.73. The van der Waals surface area contributed by atoms with Crippen LogP contribution in [0.2, 0.25) is 0 Å². The van der Waals surface area contributed by atoms with Crippen molar-refractivity contribution in [1.29, 1.82) is 0 Å². The molecule has 0 atom stereocenters. The van der Waals surface area contributed by atoms with Crippen LogP contribution in [-0.2, 0) is 0 Å². The molecule has 0 spiro atoms. The van der Waals surface area contributed by atoms with Gasteiger partial charge >= 0.3 is 0 Å². The minimum Gasteiger partial charge on any atom is -0.0587 e. The predicted molar refractivity (Wildman–Crippen MR) is 48.8 cm³/mol. The van der Waals surface area contributed by atoms with Crippen molar-refractivity contribution in [1.82, 2.24) is 0 Å². The highest BCUT2D eigenvalue weighted by Gasteiger charge is 2.01. The lowest BCUT2D eigenvalue weighted by molar-refractivity contribution is 0.855. The SMILES string of the molecule is Cc1[c]c(C)c(C(C)C)cc1. The Morgan fingerprint density at radius 3 is 2.27 bits per heavy atom. The van der Waals surface area contributed by atoms with Crippen molar-refractivity contribution in [2.45, 2.75) is 33.6 Å². The third-order valence-corrected chi connectivity index (χ3v) is 1.95. The molecule has 0 saturated heterocycles. The minimum atomic E-state index is 0.617. The molecule has 0 unspecified atom stereocenters. The van der Waals surface area contributed by atoms with Crippen LogP contribution in [0.1, 0.15) is 36.5 Å². The van der Waals surface area contributed by atoms with Gasteiger partial charge in [-0.25, -0.2) is 0 Å². The summed E-state index contributed by atoms with van der Waals surface area (Å²) in [6.45, 7) is 8.64. The standard InChI is InChI=1S/C11H15/c1-8(2)11-6-5-9(3)7-10(11)4/h5-6,8H,1-4H3. The van der Waals surface area contributed by atoms with Crippen molar-refractivity contribution < 1.29 is 0 Å². The van der Waals surface area contributed by atoms with Gasteiger partial charge in [-0.3, -0.25) is 0 Å². The zero-order chi connectivity index (χ0) is 8.43. The Morgan fingerprint density at radius 1 is 1.18 bits per heavy atom. The summed E-state index contributed by atoms with van der Waals surface area (Å²) in [6, 6.07) is 7.65. The van der Waals surface area contributed by atoms with E-state index in [-0.39, 0.29) is 0 Å². The largest absolute Gasteiger partial charge is 0.0587 e. The van der Waals surface area contributed by atoms with Crippen LogP contribution < -0.4 is 0 Å². The highest BCUT2D eigenvalue weighted by atomic mass is 14.1. The summed E-state index contributed by atoms with van der Waals surface area (Å²) in [6.07, 6.45) is 0. The third-order valence-electron chi connectivity index (χ3n) is 1.95. The second-order valence-electron chi connectivity index (χ2n) is 3.38. The van der Waals surface area contributed by atoms with Gasteiger partial charge in [0.1, 0.15) is 0 Å². The Labute approximate surface area is 69.3 Å². The fourth-order valence-electron chi connectivity index (χ4n) is 1.37. The summed E-state index contributed by atoms with van der Waals surface area (Å²) in [7, 11) is 0.